The Balaban J connectivity index is 1.69. The van der Waals surface area contributed by atoms with Crippen LogP contribution in [0.2, 0.25) is 0 Å². The van der Waals surface area contributed by atoms with Gasteiger partial charge in [-0.05, 0) is 73.4 Å². The average Bonchev–Trinajstić information content (AvgIpc) is 2.83. The topological polar surface area (TPSA) is 67.4 Å². The van der Waals surface area contributed by atoms with E-state index in [-0.39, 0.29) is 17.1 Å². The molecule has 0 saturated carbocycles. The standard InChI is InChI=1S/C27H30N2O3S/c1-5-19-10-7-9-18(3)25(19)29-27(31)24(6-2)33-23-12-8-11-21(17-23)28-26(30)20-13-15-22(32-4)16-14-20/h7-17,24H,5-6H2,1-4H3,(H,28,30)(H,29,31). The van der Waals surface area contributed by atoms with Crippen molar-refractivity contribution in [2.45, 2.75) is 43.8 Å². The van der Waals surface area contributed by atoms with E-state index in [4.69, 9.17) is 4.74 Å². The number of benzene rings is 3. The zero-order chi connectivity index (χ0) is 23.8. The summed E-state index contributed by atoms with van der Waals surface area (Å²) in [5.41, 5.74) is 4.33. The van der Waals surface area contributed by atoms with Crippen molar-refractivity contribution in [2.75, 3.05) is 17.7 Å². The van der Waals surface area contributed by atoms with Gasteiger partial charge in [-0.25, -0.2) is 0 Å². The lowest BCUT2D eigenvalue weighted by Gasteiger charge is -2.18. The van der Waals surface area contributed by atoms with Gasteiger partial charge in [0.2, 0.25) is 5.91 Å². The number of aryl methyl sites for hydroxylation is 2. The van der Waals surface area contributed by atoms with Crippen LogP contribution in [0.3, 0.4) is 0 Å². The molecule has 0 heterocycles. The molecule has 2 amide bonds. The van der Waals surface area contributed by atoms with Gasteiger partial charge in [-0.3, -0.25) is 9.59 Å². The number of carbonyl (C=O) groups is 2. The number of nitrogens with one attached hydrogen (secondary N) is 2. The largest absolute Gasteiger partial charge is 0.497 e. The van der Waals surface area contributed by atoms with E-state index in [2.05, 4.69) is 17.6 Å². The van der Waals surface area contributed by atoms with Crippen LogP contribution in [0, 0.1) is 6.92 Å². The molecule has 0 aliphatic carbocycles. The molecule has 1 unspecified atom stereocenters. The Labute approximate surface area is 199 Å². The molecule has 3 rings (SSSR count). The van der Waals surface area contributed by atoms with Crippen LogP contribution >= 0.6 is 11.8 Å². The maximum Gasteiger partial charge on any atom is 0.255 e. The van der Waals surface area contributed by atoms with Crippen molar-refractivity contribution >= 4 is 35.0 Å². The third-order valence-corrected chi connectivity index (χ3v) is 6.73. The Hall–Kier alpha value is -3.25. The highest BCUT2D eigenvalue weighted by atomic mass is 32.2. The van der Waals surface area contributed by atoms with Gasteiger partial charge in [-0.2, -0.15) is 0 Å². The molecular weight excluding hydrogens is 432 g/mol. The van der Waals surface area contributed by atoms with Gasteiger partial charge in [-0.1, -0.05) is 38.1 Å². The highest BCUT2D eigenvalue weighted by Crippen LogP contribution is 2.30. The Morgan fingerprint density at radius 3 is 2.36 bits per heavy atom. The fourth-order valence-corrected chi connectivity index (χ4v) is 4.50. The average molecular weight is 463 g/mol. The van der Waals surface area contributed by atoms with E-state index in [1.807, 2.05) is 56.3 Å². The predicted octanol–water partition coefficient (Wildman–Crippen LogP) is 6.33. The van der Waals surface area contributed by atoms with Gasteiger partial charge in [0.1, 0.15) is 5.75 Å². The minimum absolute atomic E-state index is 0.0147. The molecule has 3 aromatic carbocycles. The van der Waals surface area contributed by atoms with Gasteiger partial charge < -0.3 is 15.4 Å². The predicted molar refractivity (Wildman–Crippen MR) is 137 cm³/mol. The van der Waals surface area contributed by atoms with Crippen LogP contribution in [0.1, 0.15) is 41.8 Å². The highest BCUT2D eigenvalue weighted by molar-refractivity contribution is 8.00. The molecule has 3 aromatic rings. The zero-order valence-electron chi connectivity index (χ0n) is 19.5. The SMILES string of the molecule is CCc1cccc(C)c1NC(=O)C(CC)Sc1cccc(NC(=O)c2ccc(OC)cc2)c1. The molecule has 1 atom stereocenters. The number of ether oxygens (including phenoxy) is 1. The lowest BCUT2D eigenvalue weighted by atomic mass is 10.1. The monoisotopic (exact) mass is 462 g/mol. The molecule has 0 fully saturated rings. The highest BCUT2D eigenvalue weighted by Gasteiger charge is 2.20. The van der Waals surface area contributed by atoms with E-state index in [1.54, 1.807) is 31.4 Å². The number of hydrogen-bond donors (Lipinski definition) is 2. The Bertz CT molecular complexity index is 1110. The summed E-state index contributed by atoms with van der Waals surface area (Å²) >= 11 is 1.50. The molecule has 0 aromatic heterocycles. The lowest BCUT2D eigenvalue weighted by molar-refractivity contribution is -0.115. The van der Waals surface area contributed by atoms with E-state index in [0.29, 0.717) is 23.4 Å². The summed E-state index contributed by atoms with van der Waals surface area (Å²) in [5.74, 6) is 0.487. The number of methoxy groups -OCH3 is 1. The van der Waals surface area contributed by atoms with Crippen LogP contribution in [-0.2, 0) is 11.2 Å². The molecule has 5 nitrogen and oxygen atoms in total. The van der Waals surface area contributed by atoms with Gasteiger partial charge in [-0.15, -0.1) is 11.8 Å². The van der Waals surface area contributed by atoms with Gasteiger partial charge in [0.05, 0.1) is 12.4 Å². The number of para-hydroxylation sites is 1. The van der Waals surface area contributed by atoms with E-state index < -0.39 is 0 Å². The smallest absolute Gasteiger partial charge is 0.255 e. The lowest BCUT2D eigenvalue weighted by Crippen LogP contribution is -2.25. The Kier molecular flexibility index (Phi) is 8.55. The minimum atomic E-state index is -0.248. The summed E-state index contributed by atoms with van der Waals surface area (Å²) in [6, 6.07) is 20.6. The van der Waals surface area contributed by atoms with Crippen molar-refractivity contribution in [3.8, 4) is 5.75 Å². The van der Waals surface area contributed by atoms with Crippen LogP contribution in [0.4, 0.5) is 11.4 Å². The van der Waals surface area contributed by atoms with E-state index in [9.17, 15) is 9.59 Å². The number of thioether (sulfide) groups is 1. The second kappa shape index (κ2) is 11.6. The number of amides is 2. The molecule has 0 saturated heterocycles. The summed E-state index contributed by atoms with van der Waals surface area (Å²) in [5, 5.41) is 5.82. The van der Waals surface area contributed by atoms with Gasteiger partial charge in [0, 0.05) is 21.8 Å². The van der Waals surface area contributed by atoms with Crippen molar-refractivity contribution < 1.29 is 14.3 Å². The summed E-state index contributed by atoms with van der Waals surface area (Å²) in [6.07, 6.45) is 1.55. The maximum absolute atomic E-state index is 13.1. The Morgan fingerprint density at radius 2 is 1.70 bits per heavy atom. The van der Waals surface area contributed by atoms with Crippen molar-refractivity contribution in [2.24, 2.45) is 0 Å². The molecule has 6 heteroatoms. The second-order valence-electron chi connectivity index (χ2n) is 7.68. The molecule has 2 N–H and O–H groups in total. The van der Waals surface area contributed by atoms with Crippen LogP contribution in [-0.4, -0.2) is 24.2 Å². The van der Waals surface area contributed by atoms with E-state index in [0.717, 1.165) is 28.1 Å². The fraction of sp³-hybridized carbons (Fsp3) is 0.259. The number of hydrogen-bond acceptors (Lipinski definition) is 4. The first-order valence-corrected chi connectivity index (χ1v) is 11.9. The quantitative estimate of drug-likeness (QED) is 0.365. The first-order chi connectivity index (χ1) is 15.9. The first-order valence-electron chi connectivity index (χ1n) is 11.1. The Morgan fingerprint density at radius 1 is 0.970 bits per heavy atom. The van der Waals surface area contributed by atoms with E-state index in [1.165, 1.54) is 11.8 Å². The normalized spacial score (nSPS) is 11.5. The van der Waals surface area contributed by atoms with Crippen molar-refractivity contribution in [1.29, 1.82) is 0 Å². The van der Waals surface area contributed by atoms with Gasteiger partial charge in [0.25, 0.3) is 5.91 Å². The molecule has 0 radical (unpaired) electrons. The molecule has 0 spiro atoms. The number of rotatable bonds is 9. The summed E-state index contributed by atoms with van der Waals surface area (Å²) in [4.78, 5) is 26.6. The van der Waals surface area contributed by atoms with Crippen LogP contribution in [0.25, 0.3) is 0 Å². The zero-order valence-corrected chi connectivity index (χ0v) is 20.3. The molecule has 0 bridgehead atoms. The number of carbonyl (C=O) groups excluding carboxylic acids is 2. The van der Waals surface area contributed by atoms with Crippen LogP contribution in [0.5, 0.6) is 5.75 Å². The first kappa shape index (κ1) is 24.4. The maximum atomic E-state index is 13.1. The van der Waals surface area contributed by atoms with Crippen LogP contribution in [0.15, 0.2) is 71.6 Å². The molecular formula is C27H30N2O3S. The molecule has 0 aliphatic heterocycles. The van der Waals surface area contributed by atoms with Crippen LogP contribution < -0.4 is 15.4 Å². The summed E-state index contributed by atoms with van der Waals surface area (Å²) < 4.78 is 5.14. The third kappa shape index (κ3) is 6.39. The fourth-order valence-electron chi connectivity index (χ4n) is 3.49. The summed E-state index contributed by atoms with van der Waals surface area (Å²) in [7, 11) is 1.59. The number of anilines is 2. The third-order valence-electron chi connectivity index (χ3n) is 5.37. The van der Waals surface area contributed by atoms with Gasteiger partial charge in [0.15, 0.2) is 0 Å². The molecule has 172 valence electrons. The molecule has 0 aliphatic rings. The summed E-state index contributed by atoms with van der Waals surface area (Å²) in [6.45, 7) is 6.10. The van der Waals surface area contributed by atoms with Crippen molar-refractivity contribution in [3.63, 3.8) is 0 Å². The second-order valence-corrected chi connectivity index (χ2v) is 8.95. The minimum Gasteiger partial charge on any atom is -0.497 e. The van der Waals surface area contributed by atoms with Gasteiger partial charge >= 0.3 is 0 Å². The molecule has 33 heavy (non-hydrogen) atoms. The van der Waals surface area contributed by atoms with E-state index >= 15 is 0 Å². The van der Waals surface area contributed by atoms with Crippen molar-refractivity contribution in [1.82, 2.24) is 0 Å². The van der Waals surface area contributed by atoms with Crippen molar-refractivity contribution in [3.05, 3.63) is 83.4 Å².